The molecule has 0 bridgehead atoms. The molecule has 0 aromatic heterocycles. The van der Waals surface area contributed by atoms with Crippen LogP contribution in [0, 0.1) is 11.7 Å². The Labute approximate surface area is 229 Å². The summed E-state index contributed by atoms with van der Waals surface area (Å²) < 4.78 is 26.0. The fraction of sp³-hybridized carbons (Fsp3) is 0.533. The molecule has 3 aliphatic rings. The van der Waals surface area contributed by atoms with Gasteiger partial charge < -0.3 is 9.47 Å². The monoisotopic (exact) mass is 542 g/mol. The van der Waals surface area contributed by atoms with E-state index in [0.717, 1.165) is 42.6 Å². The molecule has 1 heterocycles. The summed E-state index contributed by atoms with van der Waals surface area (Å²) in [4.78, 5) is 27.5. The van der Waals surface area contributed by atoms with Crippen LogP contribution >= 0.6 is 11.6 Å². The summed E-state index contributed by atoms with van der Waals surface area (Å²) in [7, 11) is 1.61. The number of methoxy groups -OCH3 is 1. The Bertz CT molecular complexity index is 1170. The van der Waals surface area contributed by atoms with Crippen LogP contribution in [-0.2, 0) is 22.6 Å². The summed E-state index contributed by atoms with van der Waals surface area (Å²) in [6, 6.07) is 9.50. The van der Waals surface area contributed by atoms with Crippen molar-refractivity contribution in [3.05, 3.63) is 57.9 Å². The van der Waals surface area contributed by atoms with Crippen molar-refractivity contribution in [2.75, 3.05) is 26.8 Å². The molecular weight excluding hydrogens is 507 g/mol. The number of benzene rings is 2. The Kier molecular flexibility index (Phi) is 8.54. The second kappa shape index (κ2) is 12.0. The van der Waals surface area contributed by atoms with E-state index in [1.807, 2.05) is 18.2 Å². The van der Waals surface area contributed by atoms with E-state index in [4.69, 9.17) is 21.1 Å². The predicted molar refractivity (Wildman–Crippen MR) is 144 cm³/mol. The van der Waals surface area contributed by atoms with Crippen LogP contribution in [0.25, 0.3) is 0 Å². The first-order chi connectivity index (χ1) is 18.4. The summed E-state index contributed by atoms with van der Waals surface area (Å²) in [5.41, 5.74) is 3.30. The van der Waals surface area contributed by atoms with E-state index in [-0.39, 0.29) is 54.7 Å². The van der Waals surface area contributed by atoms with Crippen LogP contribution in [0.4, 0.5) is 4.39 Å². The molecule has 204 valence electrons. The number of carbonyl (C=O) groups is 2. The van der Waals surface area contributed by atoms with Crippen LogP contribution in [-0.4, -0.2) is 48.4 Å². The fourth-order valence-corrected chi connectivity index (χ4v) is 6.43. The van der Waals surface area contributed by atoms with E-state index in [9.17, 15) is 14.0 Å². The molecular formula is C30H36ClFN2O4. The Morgan fingerprint density at radius 2 is 1.76 bits per heavy atom. The van der Waals surface area contributed by atoms with Crippen molar-refractivity contribution in [2.45, 2.75) is 70.4 Å². The van der Waals surface area contributed by atoms with Gasteiger partial charge >= 0.3 is 0 Å². The van der Waals surface area contributed by atoms with Crippen molar-refractivity contribution in [3.8, 4) is 11.5 Å². The lowest BCUT2D eigenvalue weighted by atomic mass is 9.88. The summed E-state index contributed by atoms with van der Waals surface area (Å²) >= 11 is 6.09. The Morgan fingerprint density at radius 1 is 1.00 bits per heavy atom. The lowest BCUT2D eigenvalue weighted by molar-refractivity contribution is -0.138. The molecule has 5 rings (SSSR count). The van der Waals surface area contributed by atoms with Crippen molar-refractivity contribution >= 4 is 23.4 Å². The zero-order valence-electron chi connectivity index (χ0n) is 22.0. The zero-order valence-corrected chi connectivity index (χ0v) is 22.8. The minimum atomic E-state index is -0.351. The largest absolute Gasteiger partial charge is 0.493 e. The SMILES string of the molecule is COc1cc(CN(CC2CCCCC2)C2CCc3cc(Cl)c(F)cc32)ccc1OCCN1C(=O)CCC1=O. The average molecular weight is 543 g/mol. The first-order valence-corrected chi connectivity index (χ1v) is 14.2. The Balaban J connectivity index is 1.31. The number of rotatable bonds is 10. The molecule has 1 saturated carbocycles. The van der Waals surface area contributed by atoms with E-state index in [1.54, 1.807) is 19.2 Å². The molecule has 2 fully saturated rings. The number of hydrogen-bond acceptors (Lipinski definition) is 5. The highest BCUT2D eigenvalue weighted by atomic mass is 35.5. The van der Waals surface area contributed by atoms with Gasteiger partial charge in [0.05, 0.1) is 18.7 Å². The minimum absolute atomic E-state index is 0.144. The van der Waals surface area contributed by atoms with Crippen molar-refractivity contribution in [1.29, 1.82) is 0 Å². The normalized spacial score (nSPS) is 19.9. The molecule has 1 atom stereocenters. The molecule has 2 aliphatic carbocycles. The van der Waals surface area contributed by atoms with E-state index in [0.29, 0.717) is 17.4 Å². The fourth-order valence-electron chi connectivity index (χ4n) is 6.24. The molecule has 8 heteroatoms. The average Bonchev–Trinajstić information content (AvgIpc) is 3.47. The molecule has 1 unspecified atom stereocenters. The highest BCUT2D eigenvalue weighted by Crippen LogP contribution is 2.40. The maximum Gasteiger partial charge on any atom is 0.229 e. The van der Waals surface area contributed by atoms with Crippen LogP contribution < -0.4 is 9.47 Å². The van der Waals surface area contributed by atoms with Gasteiger partial charge in [-0.3, -0.25) is 19.4 Å². The Morgan fingerprint density at radius 3 is 2.50 bits per heavy atom. The number of carbonyl (C=O) groups excluding carboxylic acids is 2. The first kappa shape index (κ1) is 26.9. The molecule has 0 radical (unpaired) electrons. The third kappa shape index (κ3) is 5.99. The third-order valence-electron chi connectivity index (χ3n) is 8.23. The number of nitrogens with zero attached hydrogens (tertiary/aromatic N) is 2. The summed E-state index contributed by atoms with van der Waals surface area (Å²) in [6.45, 7) is 2.15. The maximum absolute atomic E-state index is 14.5. The van der Waals surface area contributed by atoms with E-state index >= 15 is 0 Å². The molecule has 0 spiro atoms. The zero-order chi connectivity index (χ0) is 26.6. The number of fused-ring (bicyclic) bond motifs is 1. The van der Waals surface area contributed by atoms with Gasteiger partial charge in [0.2, 0.25) is 11.8 Å². The molecule has 38 heavy (non-hydrogen) atoms. The molecule has 2 aromatic carbocycles. The topological polar surface area (TPSA) is 59.1 Å². The number of hydrogen-bond donors (Lipinski definition) is 0. The number of halogens is 2. The highest BCUT2D eigenvalue weighted by molar-refractivity contribution is 6.30. The second-order valence-electron chi connectivity index (χ2n) is 10.7. The number of amides is 2. The van der Waals surface area contributed by atoms with Gasteiger partial charge in [-0.15, -0.1) is 0 Å². The van der Waals surface area contributed by atoms with Crippen molar-refractivity contribution in [1.82, 2.24) is 9.80 Å². The standard InChI is InChI=1S/C30H36ClFN2O4/c1-37-28-15-21(7-10-27(28)38-14-13-34-29(35)11-12-30(34)36)19-33(18-20-5-3-2-4-6-20)26-9-8-22-16-24(31)25(32)17-23(22)26/h7,10,15-17,20,26H,2-6,8-9,11-14,18-19H2,1H3. The van der Waals surface area contributed by atoms with Gasteiger partial charge in [-0.05, 0) is 72.6 Å². The molecule has 2 aromatic rings. The lowest BCUT2D eigenvalue weighted by Crippen LogP contribution is -2.33. The van der Waals surface area contributed by atoms with Gasteiger partial charge in [0.1, 0.15) is 12.4 Å². The molecule has 1 aliphatic heterocycles. The summed E-state index contributed by atoms with van der Waals surface area (Å²) in [5, 5.41) is 0.196. The predicted octanol–water partition coefficient (Wildman–Crippen LogP) is 6.09. The van der Waals surface area contributed by atoms with Gasteiger partial charge in [0.15, 0.2) is 11.5 Å². The third-order valence-corrected chi connectivity index (χ3v) is 8.52. The lowest BCUT2D eigenvalue weighted by Gasteiger charge is -2.34. The van der Waals surface area contributed by atoms with E-state index < -0.39 is 0 Å². The number of aryl methyl sites for hydroxylation is 1. The minimum Gasteiger partial charge on any atom is -0.493 e. The number of imide groups is 1. The second-order valence-corrected chi connectivity index (χ2v) is 11.1. The first-order valence-electron chi connectivity index (χ1n) is 13.8. The van der Waals surface area contributed by atoms with Crippen LogP contribution in [0.15, 0.2) is 30.3 Å². The number of likely N-dealkylation sites (tertiary alicyclic amines) is 1. The van der Waals surface area contributed by atoms with Gasteiger partial charge in [-0.2, -0.15) is 0 Å². The molecule has 1 saturated heterocycles. The van der Waals surface area contributed by atoms with Crippen molar-refractivity contribution in [2.24, 2.45) is 5.92 Å². The van der Waals surface area contributed by atoms with Crippen LogP contribution in [0.1, 0.15) is 74.1 Å². The smallest absolute Gasteiger partial charge is 0.229 e. The van der Waals surface area contributed by atoms with E-state index in [1.165, 1.54) is 37.0 Å². The quantitative estimate of drug-likeness (QED) is 0.340. The molecule has 2 amide bonds. The molecule has 0 N–H and O–H groups in total. The number of ether oxygens (including phenoxy) is 2. The summed E-state index contributed by atoms with van der Waals surface area (Å²) in [5.74, 6) is 1.20. The maximum atomic E-state index is 14.5. The highest BCUT2D eigenvalue weighted by Gasteiger charge is 2.32. The van der Waals surface area contributed by atoms with Gasteiger partial charge in [-0.25, -0.2) is 4.39 Å². The van der Waals surface area contributed by atoms with Crippen molar-refractivity contribution < 1.29 is 23.5 Å². The van der Waals surface area contributed by atoms with E-state index in [2.05, 4.69) is 4.90 Å². The van der Waals surface area contributed by atoms with Crippen LogP contribution in [0.2, 0.25) is 5.02 Å². The van der Waals surface area contributed by atoms with Crippen LogP contribution in [0.5, 0.6) is 11.5 Å². The van der Waals surface area contributed by atoms with Crippen LogP contribution in [0.3, 0.4) is 0 Å². The summed E-state index contributed by atoms with van der Waals surface area (Å²) in [6.07, 6.45) is 8.75. The van der Waals surface area contributed by atoms with Gasteiger partial charge in [-0.1, -0.05) is 36.9 Å². The Hall–Kier alpha value is -2.64. The van der Waals surface area contributed by atoms with Gasteiger partial charge in [0.25, 0.3) is 0 Å². The van der Waals surface area contributed by atoms with Gasteiger partial charge in [0, 0.05) is 32.0 Å². The molecule has 6 nitrogen and oxygen atoms in total. The van der Waals surface area contributed by atoms with Crippen molar-refractivity contribution in [3.63, 3.8) is 0 Å².